The van der Waals surface area contributed by atoms with Crippen LogP contribution in [0.25, 0.3) is 0 Å². The molecule has 0 saturated heterocycles. The lowest BCUT2D eigenvalue weighted by Gasteiger charge is -2.11. The predicted octanol–water partition coefficient (Wildman–Crippen LogP) is 2.81. The number of carbonyl (C=O) groups excluding carboxylic acids is 1. The maximum absolute atomic E-state index is 10.6. The first-order chi connectivity index (χ1) is 12.0. The van der Waals surface area contributed by atoms with Crippen LogP contribution in [0.4, 0.5) is 5.69 Å². The molecule has 0 atom stereocenters. The van der Waals surface area contributed by atoms with E-state index >= 15 is 0 Å². The fourth-order valence-corrected chi connectivity index (χ4v) is 2.02. The highest BCUT2D eigenvalue weighted by Gasteiger charge is 2.12. The summed E-state index contributed by atoms with van der Waals surface area (Å²) in [7, 11) is 7.70. The fourth-order valence-electron chi connectivity index (χ4n) is 2.02. The van der Waals surface area contributed by atoms with Gasteiger partial charge in [-0.05, 0) is 24.3 Å². The fraction of sp³-hybridized carbons (Fsp3) is 0.278. The molecule has 0 radical (unpaired) electrons. The summed E-state index contributed by atoms with van der Waals surface area (Å²) in [6.07, 6.45) is 0.727. The van der Waals surface area contributed by atoms with Crippen LogP contribution in [-0.4, -0.2) is 41.8 Å². The van der Waals surface area contributed by atoms with E-state index in [-0.39, 0.29) is 0 Å². The smallest absolute Gasteiger partial charge is 0.203 e. The molecule has 2 aromatic rings. The van der Waals surface area contributed by atoms with Gasteiger partial charge in [0.15, 0.2) is 23.0 Å². The summed E-state index contributed by atoms with van der Waals surface area (Å²) in [6.45, 7) is 0. The Labute approximate surface area is 147 Å². The Morgan fingerprint density at radius 3 is 1.64 bits per heavy atom. The van der Waals surface area contributed by atoms with Crippen LogP contribution in [0, 0.1) is 0 Å². The van der Waals surface area contributed by atoms with Crippen LogP contribution >= 0.6 is 0 Å². The van der Waals surface area contributed by atoms with Crippen LogP contribution < -0.4 is 29.4 Å². The number of nitrogen functional groups attached to an aromatic ring is 1. The average molecular weight is 349 g/mol. The molecular weight excluding hydrogens is 326 g/mol. The zero-order chi connectivity index (χ0) is 18.8. The third kappa shape index (κ3) is 5.20. The Bertz CT molecular complexity index is 677. The largest absolute Gasteiger partial charge is 0.493 e. The molecule has 2 N–H and O–H groups in total. The number of carbonyl (C=O) groups is 1. The van der Waals surface area contributed by atoms with Crippen molar-refractivity contribution in [3.63, 3.8) is 0 Å². The van der Waals surface area contributed by atoms with Gasteiger partial charge in [0.05, 0.1) is 35.5 Å². The van der Waals surface area contributed by atoms with Crippen LogP contribution in [0.2, 0.25) is 0 Å². The van der Waals surface area contributed by atoms with Crippen molar-refractivity contribution >= 4 is 12.0 Å². The average Bonchev–Trinajstić information content (AvgIpc) is 2.66. The number of ether oxygens (including phenoxy) is 5. The number of methoxy groups -OCH3 is 5. The van der Waals surface area contributed by atoms with E-state index in [1.54, 1.807) is 44.6 Å². The number of hydrogen-bond donors (Lipinski definition) is 1. The summed E-state index contributed by atoms with van der Waals surface area (Å²) in [6, 6.07) is 8.44. The lowest BCUT2D eigenvalue weighted by molar-refractivity contribution is 0.112. The Balaban J connectivity index is 0.000000257. The highest BCUT2D eigenvalue weighted by Crippen LogP contribution is 2.37. The maximum atomic E-state index is 10.6. The summed E-state index contributed by atoms with van der Waals surface area (Å²) in [5.41, 5.74) is 6.68. The Kier molecular flexibility index (Phi) is 7.92. The van der Waals surface area contributed by atoms with Crippen LogP contribution in [0.3, 0.4) is 0 Å². The molecule has 0 aliphatic carbocycles. The second-order valence-corrected chi connectivity index (χ2v) is 4.69. The number of anilines is 1. The number of aldehydes is 1. The minimum atomic E-state index is 0.481. The van der Waals surface area contributed by atoms with Gasteiger partial charge in [0.2, 0.25) is 5.75 Å². The molecule has 0 saturated carbocycles. The summed E-state index contributed by atoms with van der Waals surface area (Å²) < 4.78 is 25.2. The second-order valence-electron chi connectivity index (χ2n) is 4.69. The first-order valence-electron chi connectivity index (χ1n) is 7.27. The standard InChI is InChI=1S/C10H12O4.C8H11NO2/c1-12-8-4-7(6-11)5-9(13-2)10(8)14-3;1-10-7-4-3-6(9)5-8(7)11-2/h4-6H,1-3H3;3-5H,9H2,1-2H3. The molecule has 0 unspecified atom stereocenters. The van der Waals surface area contributed by atoms with Crippen molar-refractivity contribution in [3.05, 3.63) is 35.9 Å². The monoisotopic (exact) mass is 349 g/mol. The number of hydrogen-bond acceptors (Lipinski definition) is 7. The molecule has 7 nitrogen and oxygen atoms in total. The van der Waals surface area contributed by atoms with Gasteiger partial charge in [0, 0.05) is 17.3 Å². The van der Waals surface area contributed by atoms with Gasteiger partial charge in [-0.15, -0.1) is 0 Å². The molecule has 0 aliphatic rings. The molecule has 2 aromatic carbocycles. The zero-order valence-electron chi connectivity index (χ0n) is 15.0. The second kappa shape index (κ2) is 9.92. The van der Waals surface area contributed by atoms with E-state index < -0.39 is 0 Å². The quantitative estimate of drug-likeness (QED) is 0.633. The van der Waals surface area contributed by atoms with Gasteiger partial charge in [-0.2, -0.15) is 0 Å². The SMILES string of the molecule is COc1cc(C=O)cc(OC)c1OC.COc1ccc(N)cc1OC. The highest BCUT2D eigenvalue weighted by molar-refractivity contribution is 5.78. The number of benzene rings is 2. The van der Waals surface area contributed by atoms with Gasteiger partial charge in [0.1, 0.15) is 6.29 Å². The van der Waals surface area contributed by atoms with Crippen LogP contribution in [-0.2, 0) is 0 Å². The van der Waals surface area contributed by atoms with Gasteiger partial charge in [0.25, 0.3) is 0 Å². The molecule has 0 spiro atoms. The molecular formula is C18H23NO6. The third-order valence-electron chi connectivity index (χ3n) is 3.23. The Morgan fingerprint density at radius 2 is 1.24 bits per heavy atom. The van der Waals surface area contributed by atoms with Crippen molar-refractivity contribution in [2.75, 3.05) is 41.3 Å². The minimum absolute atomic E-state index is 0.481. The zero-order valence-corrected chi connectivity index (χ0v) is 15.0. The molecule has 0 fully saturated rings. The van der Waals surface area contributed by atoms with Crippen molar-refractivity contribution in [1.82, 2.24) is 0 Å². The van der Waals surface area contributed by atoms with E-state index in [1.807, 2.05) is 0 Å². The molecule has 2 rings (SSSR count). The summed E-state index contributed by atoms with van der Waals surface area (Å²) in [4.78, 5) is 10.6. The summed E-state index contributed by atoms with van der Waals surface area (Å²) in [5, 5.41) is 0. The maximum Gasteiger partial charge on any atom is 0.203 e. The van der Waals surface area contributed by atoms with Gasteiger partial charge >= 0.3 is 0 Å². The van der Waals surface area contributed by atoms with Gasteiger partial charge in [-0.3, -0.25) is 4.79 Å². The third-order valence-corrected chi connectivity index (χ3v) is 3.23. The van der Waals surface area contributed by atoms with E-state index in [2.05, 4.69) is 0 Å². The first-order valence-corrected chi connectivity index (χ1v) is 7.27. The first kappa shape index (κ1) is 20.0. The van der Waals surface area contributed by atoms with E-state index in [0.29, 0.717) is 40.0 Å². The molecule has 25 heavy (non-hydrogen) atoms. The summed E-state index contributed by atoms with van der Waals surface area (Å²) >= 11 is 0. The lowest BCUT2D eigenvalue weighted by Crippen LogP contribution is -1.96. The molecule has 0 bridgehead atoms. The minimum Gasteiger partial charge on any atom is -0.493 e. The lowest BCUT2D eigenvalue weighted by atomic mass is 10.2. The number of rotatable bonds is 6. The predicted molar refractivity (Wildman–Crippen MR) is 95.4 cm³/mol. The highest BCUT2D eigenvalue weighted by atomic mass is 16.5. The van der Waals surface area contributed by atoms with E-state index in [1.165, 1.54) is 21.3 Å². The topological polar surface area (TPSA) is 89.2 Å². The molecule has 7 heteroatoms. The van der Waals surface area contributed by atoms with Crippen LogP contribution in [0.5, 0.6) is 28.7 Å². The molecule has 0 heterocycles. The molecule has 0 amide bonds. The normalized spacial score (nSPS) is 9.32. The number of nitrogens with two attached hydrogens (primary N) is 1. The van der Waals surface area contributed by atoms with Crippen molar-refractivity contribution < 1.29 is 28.5 Å². The molecule has 136 valence electrons. The van der Waals surface area contributed by atoms with Gasteiger partial charge in [-0.25, -0.2) is 0 Å². The van der Waals surface area contributed by atoms with E-state index in [9.17, 15) is 4.79 Å². The van der Waals surface area contributed by atoms with E-state index in [4.69, 9.17) is 29.4 Å². The van der Waals surface area contributed by atoms with Crippen molar-refractivity contribution in [1.29, 1.82) is 0 Å². The van der Waals surface area contributed by atoms with Crippen molar-refractivity contribution in [2.24, 2.45) is 0 Å². The van der Waals surface area contributed by atoms with Gasteiger partial charge in [-0.1, -0.05) is 0 Å². The van der Waals surface area contributed by atoms with Crippen LogP contribution in [0.15, 0.2) is 30.3 Å². The van der Waals surface area contributed by atoms with Gasteiger partial charge < -0.3 is 29.4 Å². The van der Waals surface area contributed by atoms with E-state index in [0.717, 1.165) is 6.29 Å². The summed E-state index contributed by atoms with van der Waals surface area (Å²) in [5.74, 6) is 2.80. The van der Waals surface area contributed by atoms with Crippen molar-refractivity contribution in [2.45, 2.75) is 0 Å². The molecule has 0 aromatic heterocycles. The van der Waals surface area contributed by atoms with Crippen LogP contribution in [0.1, 0.15) is 10.4 Å². The molecule has 0 aliphatic heterocycles. The Morgan fingerprint density at radius 1 is 0.720 bits per heavy atom. The van der Waals surface area contributed by atoms with Crippen molar-refractivity contribution in [3.8, 4) is 28.7 Å². The Hall–Kier alpha value is -3.09.